The molecule has 1 heterocycles. The van der Waals surface area contributed by atoms with Crippen molar-refractivity contribution in [3.8, 4) is 0 Å². The lowest BCUT2D eigenvalue weighted by molar-refractivity contribution is -0.126. The third-order valence-corrected chi connectivity index (χ3v) is 4.05. The Morgan fingerprint density at radius 1 is 1.32 bits per heavy atom. The highest BCUT2D eigenvalue weighted by molar-refractivity contribution is 7.89. The first kappa shape index (κ1) is 14.0. The molecule has 1 aliphatic heterocycles. The lowest BCUT2D eigenvalue weighted by atomic mass is 10.0. The minimum Gasteiger partial charge on any atom is -0.355 e. The minimum absolute atomic E-state index is 0.0694. The van der Waals surface area contributed by atoms with Crippen molar-refractivity contribution in [2.24, 2.45) is 11.1 Å². The molecule has 0 atom stereocenters. The molecule has 1 fully saturated rings. The zero-order chi connectivity index (χ0) is 13.9. The van der Waals surface area contributed by atoms with Crippen molar-refractivity contribution in [2.75, 3.05) is 19.6 Å². The van der Waals surface area contributed by atoms with Crippen molar-refractivity contribution >= 4 is 15.9 Å². The summed E-state index contributed by atoms with van der Waals surface area (Å²) in [5.74, 6) is 0.157. The topological polar surface area (TPSA) is 101 Å². The number of carbonyl (C=O) groups excluding carboxylic acids is 1. The molecule has 7 heteroatoms. The van der Waals surface area contributed by atoms with Gasteiger partial charge in [-0.25, -0.2) is 13.6 Å². The maximum Gasteiger partial charge on any atom is 0.238 e. The average Bonchev–Trinajstić information content (AvgIpc) is 2.26. The molecule has 0 aliphatic carbocycles. The van der Waals surface area contributed by atoms with Gasteiger partial charge >= 0.3 is 0 Å². The SMILES string of the molecule is NS(=O)(=O)c1ccc(CCNC(=O)C2CNC2)cc1. The summed E-state index contributed by atoms with van der Waals surface area (Å²) < 4.78 is 22.2. The van der Waals surface area contributed by atoms with E-state index < -0.39 is 10.0 Å². The number of amides is 1. The van der Waals surface area contributed by atoms with Gasteiger partial charge < -0.3 is 10.6 Å². The van der Waals surface area contributed by atoms with Crippen LogP contribution in [-0.4, -0.2) is 34.0 Å². The average molecular weight is 283 g/mol. The largest absolute Gasteiger partial charge is 0.355 e. The Morgan fingerprint density at radius 2 is 1.95 bits per heavy atom. The third kappa shape index (κ3) is 3.76. The number of carbonyl (C=O) groups is 1. The molecule has 2 rings (SSSR count). The van der Waals surface area contributed by atoms with Crippen molar-refractivity contribution < 1.29 is 13.2 Å². The number of primary sulfonamides is 1. The van der Waals surface area contributed by atoms with Crippen LogP contribution in [0.1, 0.15) is 5.56 Å². The summed E-state index contributed by atoms with van der Waals surface area (Å²) in [5, 5.41) is 10.9. The predicted octanol–water partition coefficient (Wildman–Crippen LogP) is -0.788. The number of benzene rings is 1. The molecular formula is C12H17N3O3S. The zero-order valence-corrected chi connectivity index (χ0v) is 11.2. The predicted molar refractivity (Wildman–Crippen MR) is 70.9 cm³/mol. The first-order chi connectivity index (χ1) is 8.97. The van der Waals surface area contributed by atoms with Crippen LogP contribution in [0.5, 0.6) is 0 Å². The van der Waals surface area contributed by atoms with Gasteiger partial charge in [-0.05, 0) is 24.1 Å². The van der Waals surface area contributed by atoms with Gasteiger partial charge in [0.1, 0.15) is 0 Å². The van der Waals surface area contributed by atoms with Crippen LogP contribution in [0.15, 0.2) is 29.2 Å². The molecular weight excluding hydrogens is 266 g/mol. The van der Waals surface area contributed by atoms with Crippen molar-refractivity contribution in [2.45, 2.75) is 11.3 Å². The van der Waals surface area contributed by atoms with Gasteiger partial charge in [0.2, 0.25) is 15.9 Å². The van der Waals surface area contributed by atoms with E-state index in [9.17, 15) is 13.2 Å². The smallest absolute Gasteiger partial charge is 0.238 e. The number of rotatable bonds is 5. The Hall–Kier alpha value is -1.44. The minimum atomic E-state index is -3.64. The molecule has 0 spiro atoms. The van der Waals surface area contributed by atoms with E-state index in [1.165, 1.54) is 12.1 Å². The van der Waals surface area contributed by atoms with Crippen molar-refractivity contribution in [3.05, 3.63) is 29.8 Å². The summed E-state index contributed by atoms with van der Waals surface area (Å²) in [4.78, 5) is 11.7. The lowest BCUT2D eigenvalue weighted by Crippen LogP contribution is -2.51. The molecule has 1 aromatic rings. The number of sulfonamides is 1. The second-order valence-electron chi connectivity index (χ2n) is 4.59. The van der Waals surface area contributed by atoms with Gasteiger partial charge in [0, 0.05) is 19.6 Å². The van der Waals surface area contributed by atoms with E-state index in [2.05, 4.69) is 10.6 Å². The van der Waals surface area contributed by atoms with Crippen molar-refractivity contribution in [1.29, 1.82) is 0 Å². The van der Waals surface area contributed by atoms with Crippen molar-refractivity contribution in [3.63, 3.8) is 0 Å². The molecule has 1 aliphatic rings. The van der Waals surface area contributed by atoms with E-state index >= 15 is 0 Å². The van der Waals surface area contributed by atoms with E-state index in [0.717, 1.165) is 18.7 Å². The quantitative estimate of drug-likeness (QED) is 0.659. The summed E-state index contributed by atoms with van der Waals surface area (Å²) in [6.07, 6.45) is 0.663. The Kier molecular flexibility index (Phi) is 4.18. The molecule has 6 nitrogen and oxygen atoms in total. The number of nitrogens with two attached hydrogens (primary N) is 1. The van der Waals surface area contributed by atoms with Crippen LogP contribution in [0.4, 0.5) is 0 Å². The Balaban J connectivity index is 1.81. The van der Waals surface area contributed by atoms with Gasteiger partial charge in [-0.15, -0.1) is 0 Å². The lowest BCUT2D eigenvalue weighted by Gasteiger charge is -2.25. The molecule has 1 amide bonds. The summed E-state index contributed by atoms with van der Waals surface area (Å²) >= 11 is 0. The third-order valence-electron chi connectivity index (χ3n) is 3.12. The van der Waals surface area contributed by atoms with Crippen LogP contribution in [-0.2, 0) is 21.2 Å². The highest BCUT2D eigenvalue weighted by Crippen LogP contribution is 2.09. The second kappa shape index (κ2) is 5.68. The first-order valence-electron chi connectivity index (χ1n) is 6.07. The number of nitrogens with one attached hydrogen (secondary N) is 2. The summed E-state index contributed by atoms with van der Waals surface area (Å²) in [6, 6.07) is 6.36. The monoisotopic (exact) mass is 283 g/mol. The highest BCUT2D eigenvalue weighted by Gasteiger charge is 2.24. The Bertz CT molecular complexity index is 550. The van der Waals surface area contributed by atoms with Crippen LogP contribution < -0.4 is 15.8 Å². The number of hydrogen-bond donors (Lipinski definition) is 3. The van der Waals surface area contributed by atoms with Crippen LogP contribution >= 0.6 is 0 Å². The van der Waals surface area contributed by atoms with Gasteiger partial charge in [0.05, 0.1) is 10.8 Å². The first-order valence-corrected chi connectivity index (χ1v) is 7.61. The summed E-state index contributed by atoms with van der Waals surface area (Å²) in [6.45, 7) is 2.04. The molecule has 0 aromatic heterocycles. The van der Waals surface area contributed by atoms with E-state index in [-0.39, 0.29) is 16.7 Å². The summed E-state index contributed by atoms with van der Waals surface area (Å²) in [7, 11) is -3.64. The van der Waals surface area contributed by atoms with E-state index in [4.69, 9.17) is 5.14 Å². The molecule has 0 unspecified atom stereocenters. The zero-order valence-electron chi connectivity index (χ0n) is 10.4. The standard InChI is InChI=1S/C12H17N3O3S/c13-19(17,18)11-3-1-9(2-4-11)5-6-15-12(16)10-7-14-8-10/h1-4,10,14H,5-8H2,(H,15,16)(H2,13,17,18). The fraction of sp³-hybridized carbons (Fsp3) is 0.417. The van der Waals surface area contributed by atoms with Gasteiger partial charge in [-0.3, -0.25) is 4.79 Å². The Labute approximate surface area is 112 Å². The molecule has 19 heavy (non-hydrogen) atoms. The van der Waals surface area contributed by atoms with E-state index in [0.29, 0.717) is 13.0 Å². The van der Waals surface area contributed by atoms with Crippen molar-refractivity contribution in [1.82, 2.24) is 10.6 Å². The molecule has 104 valence electrons. The maximum absolute atomic E-state index is 11.6. The Morgan fingerprint density at radius 3 is 2.42 bits per heavy atom. The molecule has 0 radical (unpaired) electrons. The number of hydrogen-bond acceptors (Lipinski definition) is 4. The fourth-order valence-corrected chi connectivity index (χ4v) is 2.31. The fourth-order valence-electron chi connectivity index (χ4n) is 1.79. The van der Waals surface area contributed by atoms with Crippen LogP contribution in [0.2, 0.25) is 0 Å². The molecule has 4 N–H and O–H groups in total. The van der Waals surface area contributed by atoms with Gasteiger partial charge in [0.15, 0.2) is 0 Å². The van der Waals surface area contributed by atoms with Crippen LogP contribution in [0.25, 0.3) is 0 Å². The molecule has 0 saturated carbocycles. The van der Waals surface area contributed by atoms with Gasteiger partial charge in [-0.1, -0.05) is 12.1 Å². The van der Waals surface area contributed by atoms with Crippen LogP contribution in [0, 0.1) is 5.92 Å². The van der Waals surface area contributed by atoms with Gasteiger partial charge in [0.25, 0.3) is 0 Å². The normalized spacial score (nSPS) is 15.8. The van der Waals surface area contributed by atoms with E-state index in [1.54, 1.807) is 12.1 Å². The maximum atomic E-state index is 11.6. The molecule has 1 saturated heterocycles. The van der Waals surface area contributed by atoms with Crippen LogP contribution in [0.3, 0.4) is 0 Å². The van der Waals surface area contributed by atoms with Gasteiger partial charge in [-0.2, -0.15) is 0 Å². The molecule has 1 aromatic carbocycles. The molecule has 0 bridgehead atoms. The summed E-state index contributed by atoms with van der Waals surface area (Å²) in [5.41, 5.74) is 0.958. The van der Waals surface area contributed by atoms with E-state index in [1.807, 2.05) is 0 Å². The second-order valence-corrected chi connectivity index (χ2v) is 6.15. The highest BCUT2D eigenvalue weighted by atomic mass is 32.2.